The first kappa shape index (κ1) is 49.7. The maximum Gasteiger partial charge on any atom is 0.524 e. The molecule has 2 aromatic carbocycles. The first-order valence-electron chi connectivity index (χ1n) is 21.2. The van der Waals surface area contributed by atoms with Gasteiger partial charge in [0.1, 0.15) is 11.5 Å². The van der Waals surface area contributed by atoms with E-state index < -0.39 is 42.2 Å². The number of methoxy groups -OCH3 is 2. The third-order valence-corrected chi connectivity index (χ3v) is 9.62. The summed E-state index contributed by atoms with van der Waals surface area (Å²) in [5, 5.41) is 0. The van der Waals surface area contributed by atoms with Crippen molar-refractivity contribution in [2.75, 3.05) is 14.2 Å². The van der Waals surface area contributed by atoms with E-state index >= 15 is 0 Å². The van der Waals surface area contributed by atoms with Crippen LogP contribution in [-0.4, -0.2) is 56.5 Å². The Morgan fingerprint density at radius 1 is 0.466 bits per heavy atom. The van der Waals surface area contributed by atoms with Gasteiger partial charge in [0.2, 0.25) is 12.2 Å². The minimum Gasteiger partial charge on any atom is -0.497 e. The lowest BCUT2D eigenvalue weighted by Gasteiger charge is -2.16. The van der Waals surface area contributed by atoms with Gasteiger partial charge in [0.25, 0.3) is 0 Å². The molecule has 0 fully saturated rings. The smallest absolute Gasteiger partial charge is 0.497 e. The molecular formula is C45H66O13. The number of ether oxygens (including phenoxy) is 4. The number of esters is 2. The predicted molar refractivity (Wildman–Crippen MR) is 217 cm³/mol. The largest absolute Gasteiger partial charge is 0.524 e. The Kier molecular flexibility index (Phi) is 27.0. The van der Waals surface area contributed by atoms with Gasteiger partial charge >= 0.3 is 30.0 Å². The molecule has 0 amide bonds. The Morgan fingerprint density at radius 2 is 0.793 bits per heavy atom. The molecule has 13 heteroatoms. The summed E-state index contributed by atoms with van der Waals surface area (Å²) < 4.78 is 20.0. The van der Waals surface area contributed by atoms with Gasteiger partial charge in [-0.1, -0.05) is 154 Å². The van der Waals surface area contributed by atoms with E-state index in [1.807, 2.05) is 0 Å². The number of unbranched alkanes of at least 4 members (excludes halogenated alkanes) is 18. The first-order valence-corrected chi connectivity index (χ1v) is 21.2. The summed E-state index contributed by atoms with van der Waals surface area (Å²) >= 11 is 0. The molecule has 13 nitrogen and oxygen atoms in total. The van der Waals surface area contributed by atoms with Crippen molar-refractivity contribution in [3.8, 4) is 11.5 Å². The molecule has 0 aliphatic carbocycles. The zero-order valence-corrected chi connectivity index (χ0v) is 35.1. The molecule has 2 unspecified atom stereocenters. The van der Waals surface area contributed by atoms with Crippen LogP contribution < -0.4 is 9.47 Å². The number of hydrogen-bond acceptors (Lipinski definition) is 13. The van der Waals surface area contributed by atoms with Gasteiger partial charge in [0.15, 0.2) is 0 Å². The average molecular weight is 815 g/mol. The molecule has 58 heavy (non-hydrogen) atoms. The fourth-order valence-corrected chi connectivity index (χ4v) is 6.16. The van der Waals surface area contributed by atoms with Crippen molar-refractivity contribution in [2.24, 2.45) is 0 Å². The van der Waals surface area contributed by atoms with Crippen LogP contribution in [0.25, 0.3) is 0 Å². The van der Waals surface area contributed by atoms with Crippen LogP contribution in [0.3, 0.4) is 0 Å². The molecule has 0 saturated carbocycles. The third kappa shape index (κ3) is 21.9. The molecule has 0 spiro atoms. The molecule has 0 radical (unpaired) electrons. The second kappa shape index (κ2) is 31.5. The summed E-state index contributed by atoms with van der Waals surface area (Å²) in [5.74, 6) is -3.41. The Balaban J connectivity index is 2.00. The number of rotatable bonds is 32. The van der Waals surface area contributed by atoms with Crippen molar-refractivity contribution in [2.45, 2.75) is 167 Å². The molecule has 2 atom stereocenters. The van der Waals surface area contributed by atoms with Crippen molar-refractivity contribution in [3.05, 3.63) is 59.7 Å². The highest BCUT2D eigenvalue weighted by Gasteiger charge is 2.31. The lowest BCUT2D eigenvalue weighted by Crippen LogP contribution is -2.34. The predicted octanol–water partition coefficient (Wildman–Crippen LogP) is 11.1. The van der Waals surface area contributed by atoms with Crippen LogP contribution in [-0.2, 0) is 38.6 Å². The van der Waals surface area contributed by atoms with Gasteiger partial charge in [-0.25, -0.2) is 24.0 Å². The Hall–Kier alpha value is -4.49. The molecule has 0 aliphatic heterocycles. The molecule has 0 bridgehead atoms. The Morgan fingerprint density at radius 3 is 1.12 bits per heavy atom. The van der Waals surface area contributed by atoms with E-state index in [0.717, 1.165) is 51.4 Å². The highest BCUT2D eigenvalue weighted by Crippen LogP contribution is 2.19. The standard InChI is InChI=1S/C45H66O13/c1-5-7-9-11-13-15-17-19-21-23-31-39(55-57-41(46)35-27-25-29-37(33-35)51-3)43(48)53-45(50)54-44(49)40(32-24-22-20-18-16-14-12-10-8-6-2)56-58-42(47)36-28-26-30-38(34-36)52-4/h25-30,33-34,39-40H,5-24,31-32H2,1-4H3. The average Bonchev–Trinajstić information content (AvgIpc) is 3.23. The van der Waals surface area contributed by atoms with Crippen molar-refractivity contribution in [3.63, 3.8) is 0 Å². The van der Waals surface area contributed by atoms with E-state index in [1.165, 1.54) is 103 Å². The van der Waals surface area contributed by atoms with E-state index in [4.69, 9.17) is 38.5 Å². The second-order valence-electron chi connectivity index (χ2n) is 14.4. The molecule has 0 aromatic heterocycles. The van der Waals surface area contributed by atoms with Crippen LogP contribution in [0, 0.1) is 0 Å². The molecule has 0 aliphatic rings. The van der Waals surface area contributed by atoms with Gasteiger partial charge < -0.3 is 18.9 Å². The molecular weight excluding hydrogens is 748 g/mol. The summed E-state index contributed by atoms with van der Waals surface area (Å²) in [7, 11) is 2.90. The van der Waals surface area contributed by atoms with Crippen LogP contribution in [0.4, 0.5) is 4.79 Å². The zero-order valence-electron chi connectivity index (χ0n) is 35.1. The second-order valence-corrected chi connectivity index (χ2v) is 14.4. The number of carbonyl (C=O) groups is 5. The van der Waals surface area contributed by atoms with Crippen molar-refractivity contribution in [1.82, 2.24) is 0 Å². The molecule has 2 aromatic rings. The van der Waals surface area contributed by atoms with Crippen molar-refractivity contribution in [1.29, 1.82) is 0 Å². The number of carbonyl (C=O) groups excluding carboxylic acids is 5. The van der Waals surface area contributed by atoms with Gasteiger partial charge in [-0.3, -0.25) is 9.78 Å². The quantitative estimate of drug-likeness (QED) is 0.0226. The van der Waals surface area contributed by atoms with Crippen LogP contribution in [0.2, 0.25) is 0 Å². The van der Waals surface area contributed by atoms with E-state index in [9.17, 15) is 24.0 Å². The van der Waals surface area contributed by atoms with Crippen LogP contribution in [0.15, 0.2) is 48.5 Å². The van der Waals surface area contributed by atoms with Gasteiger partial charge in [-0.15, -0.1) is 0 Å². The maximum atomic E-state index is 13.2. The van der Waals surface area contributed by atoms with Crippen molar-refractivity contribution < 1.29 is 62.5 Å². The highest BCUT2D eigenvalue weighted by atomic mass is 17.2. The summed E-state index contributed by atoms with van der Waals surface area (Å²) in [5.41, 5.74) is 0.215. The summed E-state index contributed by atoms with van der Waals surface area (Å²) in [4.78, 5) is 84.9. The fourth-order valence-electron chi connectivity index (χ4n) is 6.16. The molecule has 0 heterocycles. The van der Waals surface area contributed by atoms with Gasteiger partial charge in [-0.05, 0) is 49.2 Å². The topological polar surface area (TPSA) is 159 Å². The summed E-state index contributed by atoms with van der Waals surface area (Å²) in [6, 6.07) is 12.3. The first-order chi connectivity index (χ1) is 28.2. The molecule has 324 valence electrons. The monoisotopic (exact) mass is 814 g/mol. The fraction of sp³-hybridized carbons (Fsp3) is 0.622. The Labute approximate surface area is 344 Å². The van der Waals surface area contributed by atoms with E-state index in [-0.39, 0.29) is 24.0 Å². The molecule has 0 N–H and O–H groups in total. The summed E-state index contributed by atoms with van der Waals surface area (Å²) in [6.45, 7) is 4.37. The normalized spacial score (nSPS) is 11.9. The third-order valence-electron chi connectivity index (χ3n) is 9.62. The maximum absolute atomic E-state index is 13.2. The van der Waals surface area contributed by atoms with E-state index in [0.29, 0.717) is 24.3 Å². The zero-order chi connectivity index (χ0) is 42.2. The van der Waals surface area contributed by atoms with Gasteiger partial charge in [0.05, 0.1) is 25.3 Å². The molecule has 0 saturated heterocycles. The minimum absolute atomic E-state index is 0.0622. The lowest BCUT2D eigenvalue weighted by atomic mass is 10.0. The van der Waals surface area contributed by atoms with Gasteiger partial charge in [0, 0.05) is 0 Å². The van der Waals surface area contributed by atoms with Crippen LogP contribution in [0.5, 0.6) is 11.5 Å². The SMILES string of the molecule is CCCCCCCCCCCCC(OOC(=O)c1cccc(OC)c1)C(=O)OC(=O)OC(=O)C(CCCCCCCCCCCC)OOC(=O)c1cccc(OC)c1. The molecule has 2 rings (SSSR count). The van der Waals surface area contributed by atoms with Crippen LogP contribution >= 0.6 is 0 Å². The minimum atomic E-state index is -1.64. The van der Waals surface area contributed by atoms with E-state index in [1.54, 1.807) is 24.3 Å². The van der Waals surface area contributed by atoms with E-state index in [2.05, 4.69) is 13.8 Å². The number of hydrogen-bond donors (Lipinski definition) is 0. The lowest BCUT2D eigenvalue weighted by molar-refractivity contribution is -0.276. The highest BCUT2D eigenvalue weighted by molar-refractivity contribution is 5.92. The Bertz CT molecular complexity index is 1370. The number of benzene rings is 2. The van der Waals surface area contributed by atoms with Crippen LogP contribution in [0.1, 0.15) is 176 Å². The summed E-state index contributed by atoms with van der Waals surface area (Å²) in [6.07, 6.45) is 16.4. The van der Waals surface area contributed by atoms with Crippen molar-refractivity contribution >= 4 is 30.0 Å². The van der Waals surface area contributed by atoms with Gasteiger partial charge in [-0.2, -0.15) is 9.78 Å².